The molecule has 2 N–H and O–H groups in total. The summed E-state index contributed by atoms with van der Waals surface area (Å²) in [6.45, 7) is 2.68. The average molecular weight is 1440 g/mol. The van der Waals surface area contributed by atoms with Crippen LogP contribution in [-0.2, 0) is 74.6 Å². The minimum atomic E-state index is -5.41. The number of carbonyl (C=O) groups excluding carboxylic acids is 3. The number of aryl methyl sites for hydroxylation is 2. The first kappa shape index (κ1) is 81.0. The third-order valence-electron chi connectivity index (χ3n) is 11.7. The van der Waals surface area contributed by atoms with Crippen molar-refractivity contribution in [3.8, 4) is 11.4 Å². The van der Waals surface area contributed by atoms with E-state index in [0.29, 0.717) is 21.5 Å². The van der Waals surface area contributed by atoms with Crippen molar-refractivity contribution < 1.29 is 229 Å². The summed E-state index contributed by atoms with van der Waals surface area (Å²) in [6.07, 6.45) is 3.79. The maximum atomic E-state index is 13.3. The van der Waals surface area contributed by atoms with Gasteiger partial charge in [0.15, 0.2) is 0 Å². The van der Waals surface area contributed by atoms with Crippen molar-refractivity contribution in [2.45, 2.75) is 33.4 Å². The maximum Gasteiger partial charge on any atom is 2.00 e. The Kier molecular flexibility index (Phi) is 29.8. The van der Waals surface area contributed by atoms with E-state index in [1.165, 1.54) is 62.4 Å². The van der Waals surface area contributed by atoms with E-state index in [0.717, 1.165) is 85.0 Å². The van der Waals surface area contributed by atoms with Gasteiger partial charge in [0.1, 0.15) is 51.6 Å². The zero-order valence-corrected chi connectivity index (χ0v) is 60.1. The van der Waals surface area contributed by atoms with Crippen LogP contribution in [0.2, 0.25) is 0 Å². The molecule has 0 aliphatic heterocycles. The number of benzene rings is 6. The van der Waals surface area contributed by atoms with Crippen LogP contribution in [-0.4, -0.2) is 89.4 Å². The minimum absolute atomic E-state index is 0. The number of hydrogen-bond donors (Lipinski definition) is 2. The van der Waals surface area contributed by atoms with Crippen LogP contribution >= 0.6 is 0 Å². The standard InChI is InChI=1S/C51H38N10O19S4.2Cu.4Na/c1-27-45(56-54-39-9-5-3-7-37(39)49(64)65)47(62)60(58-27)35-21-17-31(43(25-35)83(75,76)77)13-11-29-15-19-33(23-41(29)81(69,70)71)52-51(68)53-34-20-16-30(42(24-34)82(72,73)74)12-14-32-18-22-36(26-44(32)84(78,79)80)61-48(63)46(28(2)59-61)57-55-40-10-6-4-8-38(40)50(66)67;;;;;;/h3-26H,1-2H3,(H,64,65)(H,66,67)(H2,52,53,68)(H,69,70,71)(H,72,73,74)(H,75,76,77)(H,78,79,80);;;;;;/q-2;2*+2;4*+1/p-6. The largest absolute Gasteiger partial charge is 2.00 e. The quantitative estimate of drug-likeness (QED) is 0.0265. The number of aromatic carboxylic acids is 2. The Labute approximate surface area is 620 Å². The van der Waals surface area contributed by atoms with Crippen LogP contribution in [0.15, 0.2) is 171 Å². The van der Waals surface area contributed by atoms with E-state index in [9.17, 15) is 86.1 Å². The zero-order valence-electron chi connectivity index (χ0n) is 46.9. The van der Waals surface area contributed by atoms with Crippen LogP contribution < -0.4 is 150 Å². The molecule has 0 saturated carbocycles. The van der Waals surface area contributed by atoms with Crippen molar-refractivity contribution in [2.75, 3.05) is 10.6 Å². The Hall–Kier alpha value is -5.09. The summed E-state index contributed by atoms with van der Waals surface area (Å²) in [6, 6.07) is 21.0. The number of carboxylic acids is 2. The molecule has 29 nitrogen and oxygen atoms in total. The number of rotatable bonds is 18. The van der Waals surface area contributed by atoms with E-state index in [1.807, 2.05) is 0 Å². The number of amides is 2. The number of anilines is 2. The number of hydrogen-bond acceptors (Lipinski definition) is 25. The Balaban J connectivity index is 0.00000460. The smallest absolute Gasteiger partial charge is 0.744 e. The van der Waals surface area contributed by atoms with Crippen molar-refractivity contribution in [3.05, 3.63) is 187 Å². The number of carbonyl (C=O) groups is 3. The van der Waals surface area contributed by atoms with Gasteiger partial charge in [0.2, 0.25) is 0 Å². The second-order valence-corrected chi connectivity index (χ2v) is 22.7. The third kappa shape index (κ3) is 19.5. The SMILES string of the molecule is Cc1nn(-c2ccc(C=Cc3ccc(NC(=O)Nc4ccc(C=Cc5ccc(-n6nc(C)[c-](N=Nc7ccccc7C(=O)[O-])c6=O)cc5S(=O)(=O)[O-])c(S(=O)(=O)[O-])c4)cc3S(=O)(=O)[O-])c(S(=O)(=O)[O-])c2)c(=O)[c-]1N=Nc1ccccc1C(=O)[O-].[Cu+2].[Cu+2].[Na+].[Na+].[Na+].[Na+]. The Morgan fingerprint density at radius 3 is 1.06 bits per heavy atom. The fourth-order valence-corrected chi connectivity index (χ4v) is 10.6. The van der Waals surface area contributed by atoms with Crippen LogP contribution in [0.1, 0.15) is 54.4 Å². The normalized spacial score (nSPS) is 11.6. The molecule has 2 amide bonds. The minimum Gasteiger partial charge on any atom is -0.744 e. The molecule has 8 aromatic rings. The number of nitrogens with zero attached hydrogens (tertiary/aromatic N) is 8. The summed E-state index contributed by atoms with van der Waals surface area (Å²) >= 11 is 0. The molecule has 0 unspecified atom stereocenters. The van der Waals surface area contributed by atoms with Gasteiger partial charge in [-0.15, -0.1) is 11.4 Å². The molecular formula is C51H32Cu2N10Na4O19S4. The first-order chi connectivity index (χ1) is 39.4. The maximum absolute atomic E-state index is 13.3. The summed E-state index contributed by atoms with van der Waals surface area (Å²) in [7, 11) is -21.6. The number of carboxylic acid groups (broad SMARTS) is 2. The Morgan fingerprint density at radius 2 is 0.756 bits per heavy atom. The number of urea groups is 1. The molecule has 0 spiro atoms. The van der Waals surface area contributed by atoms with Crippen LogP contribution in [0.4, 0.5) is 38.9 Å². The van der Waals surface area contributed by atoms with Gasteiger partial charge in [-0.2, -0.15) is 10.2 Å². The van der Waals surface area contributed by atoms with Gasteiger partial charge in [-0.25, -0.2) is 58.0 Å². The topological polar surface area (TPSA) is 469 Å². The molecular weight excluding hydrogens is 1400 g/mol. The average Bonchev–Trinajstić information content (AvgIpc) is 3.70. The van der Waals surface area contributed by atoms with E-state index in [4.69, 9.17) is 0 Å². The molecule has 0 saturated heterocycles. The molecule has 39 heteroatoms. The van der Waals surface area contributed by atoms with E-state index in [2.05, 4.69) is 41.3 Å². The van der Waals surface area contributed by atoms with Crippen molar-refractivity contribution in [2.24, 2.45) is 20.5 Å². The van der Waals surface area contributed by atoms with E-state index < -0.39 is 89.1 Å². The number of aromatic nitrogens is 4. The van der Waals surface area contributed by atoms with Crippen molar-refractivity contribution in [1.82, 2.24) is 19.6 Å². The van der Waals surface area contributed by atoms with Crippen molar-refractivity contribution >= 4 is 117 Å². The van der Waals surface area contributed by atoms with Crippen LogP contribution in [0.3, 0.4) is 0 Å². The van der Waals surface area contributed by atoms with Crippen LogP contribution in [0, 0.1) is 13.8 Å². The molecule has 450 valence electrons. The first-order valence-corrected chi connectivity index (χ1v) is 28.8. The molecule has 0 fully saturated rings. The van der Waals surface area contributed by atoms with Crippen LogP contribution in [0.25, 0.3) is 35.7 Å². The van der Waals surface area contributed by atoms with E-state index in [1.54, 1.807) is 0 Å². The second kappa shape index (κ2) is 33.1. The molecule has 2 heterocycles. The molecule has 0 aliphatic rings. The molecule has 2 aromatic heterocycles. The first-order valence-electron chi connectivity index (χ1n) is 23.2. The van der Waals surface area contributed by atoms with Crippen molar-refractivity contribution in [1.29, 1.82) is 0 Å². The van der Waals surface area contributed by atoms with Gasteiger partial charge in [0.05, 0.1) is 54.3 Å². The van der Waals surface area contributed by atoms with Gasteiger partial charge >= 0.3 is 158 Å². The summed E-state index contributed by atoms with van der Waals surface area (Å²) < 4.78 is 151. The summed E-state index contributed by atoms with van der Waals surface area (Å²) in [5.74, 6) is -3.14. The monoisotopic (exact) mass is 1430 g/mol. The van der Waals surface area contributed by atoms with E-state index in [-0.39, 0.29) is 243 Å². The second-order valence-electron chi connectivity index (χ2n) is 17.3. The third-order valence-corrected chi connectivity index (χ3v) is 15.3. The molecule has 90 heavy (non-hydrogen) atoms. The van der Waals surface area contributed by atoms with Gasteiger partial charge in [-0.1, -0.05) is 110 Å². The Bertz CT molecular complexity index is 4530. The molecule has 8 rings (SSSR count). The van der Waals surface area contributed by atoms with E-state index >= 15 is 0 Å². The fraction of sp³-hybridized carbons (Fsp3) is 0.0392. The van der Waals surface area contributed by atoms with Gasteiger partial charge in [0, 0.05) is 22.5 Å². The van der Waals surface area contributed by atoms with Crippen LogP contribution in [0.5, 0.6) is 0 Å². The predicted molar refractivity (Wildman–Crippen MR) is 285 cm³/mol. The van der Waals surface area contributed by atoms with Gasteiger partial charge < -0.3 is 68.5 Å². The summed E-state index contributed by atoms with van der Waals surface area (Å²) in [5.41, 5.74) is -6.48. The van der Waals surface area contributed by atoms with Gasteiger partial charge in [0.25, 0.3) is 0 Å². The van der Waals surface area contributed by atoms with Gasteiger partial charge in [-0.05, 0) is 82.9 Å². The zero-order chi connectivity index (χ0) is 61.2. The molecule has 0 aliphatic carbocycles. The molecule has 6 aromatic carbocycles. The summed E-state index contributed by atoms with van der Waals surface area (Å²) in [5, 5.41) is 50.7. The Morgan fingerprint density at radius 1 is 0.467 bits per heavy atom. The number of azo groups is 2. The fourth-order valence-electron chi connectivity index (χ4n) is 7.85. The molecule has 0 atom stereocenters. The number of nitrogens with one attached hydrogen (secondary N) is 2. The van der Waals surface area contributed by atoms with Crippen molar-refractivity contribution in [3.63, 3.8) is 0 Å². The summed E-state index contributed by atoms with van der Waals surface area (Å²) in [4.78, 5) is 59.0. The van der Waals surface area contributed by atoms with Gasteiger partial charge in [-0.3, -0.25) is 0 Å². The molecule has 2 radical (unpaired) electrons. The predicted octanol–water partition coefficient (Wildman–Crippen LogP) is -8.00. The molecule has 0 bridgehead atoms.